The van der Waals surface area contributed by atoms with Gasteiger partial charge in [-0.2, -0.15) is 0 Å². The summed E-state index contributed by atoms with van der Waals surface area (Å²) in [5.41, 5.74) is 2.74. The first-order chi connectivity index (χ1) is 16.8. The molecule has 0 heterocycles. The van der Waals surface area contributed by atoms with Gasteiger partial charge in [-0.25, -0.2) is 0 Å². The molecule has 2 unspecified atom stereocenters. The van der Waals surface area contributed by atoms with Gasteiger partial charge in [0.15, 0.2) is 0 Å². The summed E-state index contributed by atoms with van der Waals surface area (Å²) in [6.45, 7) is 11.2. The Morgan fingerprint density at radius 3 is 1.21 bits per heavy atom. The summed E-state index contributed by atoms with van der Waals surface area (Å²) in [7, 11) is 0. The van der Waals surface area contributed by atoms with Crippen LogP contribution in [0.4, 0.5) is 0 Å². The fraction of sp³-hybridized carbons (Fsp3) is 0.600. The van der Waals surface area contributed by atoms with Crippen molar-refractivity contribution in [3.05, 3.63) is 71.8 Å². The maximum atomic E-state index is 3.61. The van der Waals surface area contributed by atoms with E-state index in [4.69, 9.17) is 0 Å². The van der Waals surface area contributed by atoms with E-state index in [1.165, 1.54) is 62.5 Å². The minimum absolute atomic E-state index is 0.433. The van der Waals surface area contributed by atoms with Crippen LogP contribution in [0, 0.1) is 0 Å². The Kier molecular flexibility index (Phi) is 16.4. The summed E-state index contributed by atoms with van der Waals surface area (Å²) in [6.07, 6.45) is 10.4. The van der Waals surface area contributed by atoms with Crippen LogP contribution in [0.5, 0.6) is 0 Å². The molecule has 0 aliphatic heterocycles. The van der Waals surface area contributed by atoms with Crippen LogP contribution in [-0.2, 0) is 0 Å². The Balaban J connectivity index is 1.25. The van der Waals surface area contributed by atoms with Crippen molar-refractivity contribution in [3.63, 3.8) is 0 Å². The first kappa shape index (κ1) is 28.5. The zero-order chi connectivity index (χ0) is 24.1. The number of hydrogen-bond donors (Lipinski definition) is 4. The van der Waals surface area contributed by atoms with Gasteiger partial charge >= 0.3 is 0 Å². The molecule has 2 rings (SSSR count). The van der Waals surface area contributed by atoms with Gasteiger partial charge in [-0.15, -0.1) is 0 Å². The summed E-state index contributed by atoms with van der Waals surface area (Å²) >= 11 is 0. The molecule has 0 aliphatic carbocycles. The summed E-state index contributed by atoms with van der Waals surface area (Å²) in [6, 6.07) is 22.2. The molecule has 0 aromatic heterocycles. The lowest BCUT2D eigenvalue weighted by molar-refractivity contribution is 0.515. The van der Waals surface area contributed by atoms with Crippen LogP contribution in [0.25, 0.3) is 0 Å². The van der Waals surface area contributed by atoms with Crippen molar-refractivity contribution in [1.82, 2.24) is 21.3 Å². The lowest BCUT2D eigenvalue weighted by Gasteiger charge is -2.14. The average molecular weight is 467 g/mol. The van der Waals surface area contributed by atoms with Crippen molar-refractivity contribution in [2.45, 2.75) is 77.3 Å². The Labute approximate surface area is 209 Å². The van der Waals surface area contributed by atoms with Crippen molar-refractivity contribution in [3.8, 4) is 0 Å². The fourth-order valence-corrected chi connectivity index (χ4v) is 4.24. The molecule has 0 bridgehead atoms. The second kappa shape index (κ2) is 19.6. The van der Waals surface area contributed by atoms with E-state index in [2.05, 4.69) is 95.8 Å². The third kappa shape index (κ3) is 13.9. The summed E-state index contributed by atoms with van der Waals surface area (Å²) in [5, 5.41) is 14.4. The van der Waals surface area contributed by atoms with Gasteiger partial charge in [-0.05, 0) is 89.9 Å². The van der Waals surface area contributed by atoms with Crippen molar-refractivity contribution in [2.75, 3.05) is 39.3 Å². The molecule has 4 heteroatoms. The van der Waals surface area contributed by atoms with E-state index in [1.807, 2.05) is 0 Å². The van der Waals surface area contributed by atoms with Crippen molar-refractivity contribution in [1.29, 1.82) is 0 Å². The normalized spacial score (nSPS) is 13.1. The third-order valence-electron chi connectivity index (χ3n) is 6.52. The predicted octanol–water partition coefficient (Wildman–Crippen LogP) is 5.99. The van der Waals surface area contributed by atoms with Gasteiger partial charge in [-0.3, -0.25) is 0 Å². The van der Waals surface area contributed by atoms with Crippen LogP contribution in [0.15, 0.2) is 60.7 Å². The quantitative estimate of drug-likeness (QED) is 0.171. The molecule has 34 heavy (non-hydrogen) atoms. The van der Waals surface area contributed by atoms with Gasteiger partial charge in [0.2, 0.25) is 0 Å². The van der Waals surface area contributed by atoms with E-state index in [9.17, 15) is 0 Å². The molecule has 0 radical (unpaired) electrons. The highest BCUT2D eigenvalue weighted by Gasteiger charge is 2.03. The summed E-state index contributed by atoms with van der Waals surface area (Å²) in [5.74, 6) is 0. The summed E-state index contributed by atoms with van der Waals surface area (Å²) in [4.78, 5) is 0. The lowest BCUT2D eigenvalue weighted by atomic mass is 10.1. The largest absolute Gasteiger partial charge is 0.317 e. The molecule has 0 saturated heterocycles. The third-order valence-corrected chi connectivity index (χ3v) is 6.52. The highest BCUT2D eigenvalue weighted by Crippen LogP contribution is 2.11. The Morgan fingerprint density at radius 2 is 0.794 bits per heavy atom. The van der Waals surface area contributed by atoms with Gasteiger partial charge in [-0.1, -0.05) is 86.3 Å². The van der Waals surface area contributed by atoms with Gasteiger partial charge in [0.05, 0.1) is 0 Å². The van der Waals surface area contributed by atoms with E-state index in [1.54, 1.807) is 0 Å². The summed E-state index contributed by atoms with van der Waals surface area (Å²) < 4.78 is 0. The van der Waals surface area contributed by atoms with Crippen LogP contribution >= 0.6 is 0 Å². The van der Waals surface area contributed by atoms with E-state index in [0.29, 0.717) is 12.1 Å². The van der Waals surface area contributed by atoms with Gasteiger partial charge in [0.1, 0.15) is 0 Å². The molecule has 2 aromatic rings. The van der Waals surface area contributed by atoms with Crippen LogP contribution in [0.1, 0.15) is 88.4 Å². The molecule has 0 spiro atoms. The van der Waals surface area contributed by atoms with Gasteiger partial charge < -0.3 is 21.3 Å². The molecule has 0 aliphatic rings. The lowest BCUT2D eigenvalue weighted by Crippen LogP contribution is -2.24. The number of unbranched alkanes of at least 4 members (excludes halogenated alkanes) is 5. The monoisotopic (exact) mass is 466 g/mol. The first-order valence-corrected chi connectivity index (χ1v) is 13.8. The Bertz CT molecular complexity index is 630. The number of nitrogens with one attached hydrogen (secondary N) is 4. The highest BCUT2D eigenvalue weighted by molar-refractivity contribution is 5.18. The molecule has 4 nitrogen and oxygen atoms in total. The second-order valence-corrected chi connectivity index (χ2v) is 9.50. The van der Waals surface area contributed by atoms with Gasteiger partial charge in [0, 0.05) is 12.1 Å². The Morgan fingerprint density at radius 1 is 0.441 bits per heavy atom. The zero-order valence-electron chi connectivity index (χ0n) is 21.8. The smallest absolute Gasteiger partial charge is 0.0291 e. The molecule has 0 amide bonds. The minimum Gasteiger partial charge on any atom is -0.317 e. The predicted molar refractivity (Wildman–Crippen MR) is 148 cm³/mol. The van der Waals surface area contributed by atoms with Crippen molar-refractivity contribution in [2.24, 2.45) is 0 Å². The first-order valence-electron chi connectivity index (χ1n) is 13.8. The molecular formula is C30H50N4. The van der Waals surface area contributed by atoms with E-state index in [0.717, 1.165) is 39.3 Å². The maximum absolute atomic E-state index is 3.61. The van der Waals surface area contributed by atoms with Gasteiger partial charge in [0.25, 0.3) is 0 Å². The number of hydrogen-bond acceptors (Lipinski definition) is 4. The zero-order valence-corrected chi connectivity index (χ0v) is 21.8. The van der Waals surface area contributed by atoms with E-state index >= 15 is 0 Å². The molecule has 0 saturated carbocycles. The number of rotatable bonds is 21. The fourth-order valence-electron chi connectivity index (χ4n) is 4.24. The highest BCUT2D eigenvalue weighted by atomic mass is 14.9. The molecule has 2 aromatic carbocycles. The number of benzene rings is 2. The second-order valence-electron chi connectivity index (χ2n) is 9.50. The SMILES string of the molecule is CC(NCCCNCCCCCCCCNCCCNC(C)c1ccccc1)c1ccccc1. The van der Waals surface area contributed by atoms with E-state index < -0.39 is 0 Å². The standard InChI is InChI=1S/C30H50N4/c1-27(29-17-9-7-10-18-29)33-25-15-23-31-21-13-5-3-4-6-14-22-32-24-16-26-34-28(2)30-19-11-8-12-20-30/h7-12,17-20,27-28,31-34H,3-6,13-16,21-26H2,1-2H3. The van der Waals surface area contributed by atoms with Crippen LogP contribution in [-0.4, -0.2) is 39.3 Å². The van der Waals surface area contributed by atoms with Crippen LogP contribution in [0.2, 0.25) is 0 Å². The average Bonchev–Trinajstić information content (AvgIpc) is 2.88. The molecular weight excluding hydrogens is 416 g/mol. The minimum atomic E-state index is 0.433. The maximum Gasteiger partial charge on any atom is 0.0291 e. The van der Waals surface area contributed by atoms with Crippen molar-refractivity contribution < 1.29 is 0 Å². The molecule has 190 valence electrons. The Hall–Kier alpha value is -1.72. The molecule has 2 atom stereocenters. The van der Waals surface area contributed by atoms with E-state index in [-0.39, 0.29) is 0 Å². The molecule has 0 fully saturated rings. The topological polar surface area (TPSA) is 48.1 Å². The molecule has 4 N–H and O–H groups in total. The van der Waals surface area contributed by atoms with Crippen molar-refractivity contribution >= 4 is 0 Å². The van der Waals surface area contributed by atoms with Crippen LogP contribution < -0.4 is 21.3 Å². The van der Waals surface area contributed by atoms with Crippen LogP contribution in [0.3, 0.4) is 0 Å².